The molecule has 2 aromatic rings. The number of hydrogen-bond donors (Lipinski definition) is 2. The highest BCUT2D eigenvalue weighted by atomic mass is 32.2. The molecule has 0 spiro atoms. The molecular formula is C10H12N4O2S. The number of nitrogens with two attached hydrogens (primary N) is 1. The average molecular weight is 252 g/mol. The van der Waals surface area contributed by atoms with Gasteiger partial charge in [0.2, 0.25) is 0 Å². The Kier molecular flexibility index (Phi) is 3.50. The molecule has 0 atom stereocenters. The summed E-state index contributed by atoms with van der Waals surface area (Å²) in [4.78, 5) is 12.2. The van der Waals surface area contributed by atoms with Crippen LogP contribution in [-0.4, -0.2) is 15.7 Å². The summed E-state index contributed by atoms with van der Waals surface area (Å²) in [6.45, 7) is 0. The van der Waals surface area contributed by atoms with Gasteiger partial charge >= 0.3 is 0 Å². The molecular weight excluding hydrogens is 240 g/mol. The molecule has 2 heterocycles. The standard InChI is InChI=1S/C10H12N4O2S/c1-14-4-9(3-12-14)17-6-8-2-7(5-16-8)10(15)13-11/h2-5H,6,11H2,1H3,(H,13,15). The number of carbonyl (C=O) groups is 1. The second kappa shape index (κ2) is 5.07. The summed E-state index contributed by atoms with van der Waals surface area (Å²) in [5.41, 5.74) is 2.48. The number of amides is 1. The van der Waals surface area contributed by atoms with Crippen LogP contribution in [0.1, 0.15) is 16.1 Å². The van der Waals surface area contributed by atoms with E-state index in [9.17, 15) is 4.79 Å². The van der Waals surface area contributed by atoms with Crippen molar-refractivity contribution in [1.82, 2.24) is 15.2 Å². The van der Waals surface area contributed by atoms with Crippen LogP contribution in [0.2, 0.25) is 0 Å². The van der Waals surface area contributed by atoms with E-state index in [-0.39, 0.29) is 5.91 Å². The van der Waals surface area contributed by atoms with Gasteiger partial charge in [0.15, 0.2) is 0 Å². The number of furan rings is 1. The van der Waals surface area contributed by atoms with Crippen molar-refractivity contribution >= 4 is 17.7 Å². The number of thioether (sulfide) groups is 1. The van der Waals surface area contributed by atoms with Gasteiger partial charge in [0.05, 0.1) is 17.5 Å². The number of rotatable bonds is 4. The van der Waals surface area contributed by atoms with E-state index in [1.165, 1.54) is 6.26 Å². The molecule has 3 N–H and O–H groups in total. The van der Waals surface area contributed by atoms with Crippen LogP contribution >= 0.6 is 11.8 Å². The molecule has 0 saturated heterocycles. The first-order valence-electron chi connectivity index (χ1n) is 4.89. The molecule has 0 aliphatic rings. The number of carbonyl (C=O) groups excluding carboxylic acids is 1. The minimum Gasteiger partial charge on any atom is -0.468 e. The smallest absolute Gasteiger partial charge is 0.268 e. The van der Waals surface area contributed by atoms with Crippen LogP contribution in [0.3, 0.4) is 0 Å². The molecule has 2 aromatic heterocycles. The minimum atomic E-state index is -0.355. The van der Waals surface area contributed by atoms with Crippen molar-refractivity contribution in [2.45, 2.75) is 10.6 Å². The van der Waals surface area contributed by atoms with E-state index in [2.05, 4.69) is 10.5 Å². The van der Waals surface area contributed by atoms with Crippen molar-refractivity contribution < 1.29 is 9.21 Å². The van der Waals surface area contributed by atoms with Crippen molar-refractivity contribution in [3.63, 3.8) is 0 Å². The fourth-order valence-electron chi connectivity index (χ4n) is 1.29. The zero-order valence-corrected chi connectivity index (χ0v) is 10.0. The van der Waals surface area contributed by atoms with Gasteiger partial charge < -0.3 is 4.42 Å². The maximum atomic E-state index is 11.2. The Morgan fingerprint density at radius 1 is 1.71 bits per heavy atom. The maximum Gasteiger partial charge on any atom is 0.268 e. The fraction of sp³-hybridized carbons (Fsp3) is 0.200. The number of hydrazine groups is 1. The largest absolute Gasteiger partial charge is 0.468 e. The number of aryl methyl sites for hydroxylation is 1. The van der Waals surface area contributed by atoms with Crippen LogP contribution < -0.4 is 11.3 Å². The zero-order chi connectivity index (χ0) is 12.3. The van der Waals surface area contributed by atoms with Crippen molar-refractivity contribution in [3.8, 4) is 0 Å². The molecule has 17 heavy (non-hydrogen) atoms. The van der Waals surface area contributed by atoms with Crippen molar-refractivity contribution in [2.75, 3.05) is 0 Å². The van der Waals surface area contributed by atoms with Crippen molar-refractivity contribution in [1.29, 1.82) is 0 Å². The van der Waals surface area contributed by atoms with Gasteiger partial charge in [0.25, 0.3) is 5.91 Å². The normalized spacial score (nSPS) is 10.5. The van der Waals surface area contributed by atoms with E-state index >= 15 is 0 Å². The van der Waals surface area contributed by atoms with Crippen LogP contribution in [0.4, 0.5) is 0 Å². The van der Waals surface area contributed by atoms with Gasteiger partial charge in [-0.15, -0.1) is 11.8 Å². The number of nitrogen functional groups attached to an aromatic ring is 1. The van der Waals surface area contributed by atoms with Crippen molar-refractivity contribution in [3.05, 3.63) is 36.0 Å². The molecule has 0 radical (unpaired) electrons. The Hall–Kier alpha value is -1.73. The first-order valence-corrected chi connectivity index (χ1v) is 5.87. The lowest BCUT2D eigenvalue weighted by Gasteiger charge is -1.93. The van der Waals surface area contributed by atoms with E-state index < -0.39 is 0 Å². The molecule has 2 rings (SSSR count). The molecule has 6 nitrogen and oxygen atoms in total. The molecule has 0 aliphatic heterocycles. The highest BCUT2D eigenvalue weighted by molar-refractivity contribution is 7.98. The lowest BCUT2D eigenvalue weighted by molar-refractivity contribution is 0.0953. The summed E-state index contributed by atoms with van der Waals surface area (Å²) in [5, 5.41) is 4.06. The van der Waals surface area contributed by atoms with E-state index in [0.29, 0.717) is 11.3 Å². The van der Waals surface area contributed by atoms with Gasteiger partial charge in [-0.1, -0.05) is 0 Å². The zero-order valence-electron chi connectivity index (χ0n) is 9.21. The highest BCUT2D eigenvalue weighted by Crippen LogP contribution is 2.22. The first-order chi connectivity index (χ1) is 8.19. The van der Waals surface area contributed by atoms with E-state index in [0.717, 1.165) is 10.7 Å². The number of nitrogens with one attached hydrogen (secondary N) is 1. The summed E-state index contributed by atoms with van der Waals surface area (Å²) >= 11 is 1.59. The summed E-state index contributed by atoms with van der Waals surface area (Å²) in [5.74, 6) is 6.03. The predicted molar refractivity (Wildman–Crippen MR) is 63.1 cm³/mol. The molecule has 0 aromatic carbocycles. The molecule has 0 fully saturated rings. The Labute approximate surface area is 102 Å². The molecule has 0 unspecified atom stereocenters. The van der Waals surface area contributed by atoms with Gasteiger partial charge in [0.1, 0.15) is 12.0 Å². The van der Waals surface area contributed by atoms with Gasteiger partial charge in [-0.05, 0) is 6.07 Å². The van der Waals surface area contributed by atoms with Gasteiger partial charge in [-0.25, -0.2) is 5.84 Å². The molecule has 0 bridgehead atoms. The van der Waals surface area contributed by atoms with Crippen LogP contribution in [-0.2, 0) is 12.8 Å². The van der Waals surface area contributed by atoms with Crippen molar-refractivity contribution in [2.24, 2.45) is 12.9 Å². The Morgan fingerprint density at radius 2 is 2.53 bits per heavy atom. The quantitative estimate of drug-likeness (QED) is 0.365. The third kappa shape index (κ3) is 2.89. The van der Waals surface area contributed by atoms with Crippen LogP contribution in [0, 0.1) is 0 Å². The summed E-state index contributed by atoms with van der Waals surface area (Å²) in [6.07, 6.45) is 5.09. The molecule has 1 amide bonds. The summed E-state index contributed by atoms with van der Waals surface area (Å²) < 4.78 is 6.99. The van der Waals surface area contributed by atoms with E-state index in [1.54, 1.807) is 28.7 Å². The van der Waals surface area contributed by atoms with E-state index in [4.69, 9.17) is 10.3 Å². The first kappa shape index (κ1) is 11.7. The molecule has 0 aliphatic carbocycles. The van der Waals surface area contributed by atoms with E-state index in [1.807, 2.05) is 13.2 Å². The van der Waals surface area contributed by atoms with Gasteiger partial charge in [0, 0.05) is 18.1 Å². The Bertz CT molecular complexity index is 520. The predicted octanol–water partition coefficient (Wildman–Crippen LogP) is 0.909. The third-order valence-electron chi connectivity index (χ3n) is 2.11. The van der Waals surface area contributed by atoms with Gasteiger partial charge in [-0.2, -0.15) is 5.10 Å². The molecule has 90 valence electrons. The fourth-order valence-corrected chi connectivity index (χ4v) is 2.10. The van der Waals surface area contributed by atoms with Crippen LogP contribution in [0.25, 0.3) is 0 Å². The number of nitrogens with zero attached hydrogens (tertiary/aromatic N) is 2. The average Bonchev–Trinajstić information content (AvgIpc) is 2.94. The number of hydrogen-bond acceptors (Lipinski definition) is 5. The SMILES string of the molecule is Cn1cc(SCc2cc(C(=O)NN)co2)cn1. The monoisotopic (exact) mass is 252 g/mol. The van der Waals surface area contributed by atoms with Gasteiger partial charge in [-0.3, -0.25) is 14.9 Å². The van der Waals surface area contributed by atoms with Crippen LogP contribution in [0.15, 0.2) is 34.0 Å². The minimum absolute atomic E-state index is 0.355. The Morgan fingerprint density at radius 3 is 3.18 bits per heavy atom. The van der Waals surface area contributed by atoms with Crippen LogP contribution in [0.5, 0.6) is 0 Å². The Balaban J connectivity index is 1.95. The summed E-state index contributed by atoms with van der Waals surface area (Å²) in [7, 11) is 1.86. The molecule has 7 heteroatoms. The topological polar surface area (TPSA) is 86.1 Å². The number of aromatic nitrogens is 2. The second-order valence-corrected chi connectivity index (χ2v) is 4.46. The summed E-state index contributed by atoms with van der Waals surface area (Å²) in [6, 6.07) is 1.67. The third-order valence-corrected chi connectivity index (χ3v) is 3.08. The molecule has 0 saturated carbocycles. The lowest BCUT2D eigenvalue weighted by Crippen LogP contribution is -2.29. The second-order valence-electron chi connectivity index (χ2n) is 3.41. The highest BCUT2D eigenvalue weighted by Gasteiger charge is 2.09. The maximum absolute atomic E-state index is 11.2. The lowest BCUT2D eigenvalue weighted by atomic mass is 10.3.